The molecule has 2 nitrogen and oxygen atoms in total. The van der Waals surface area contributed by atoms with Gasteiger partial charge in [0.05, 0.1) is 6.04 Å². The number of rotatable bonds is 4. The lowest BCUT2D eigenvalue weighted by molar-refractivity contribution is -0.274. The van der Waals surface area contributed by atoms with Crippen LogP contribution in [-0.4, -0.2) is 6.36 Å². The zero-order valence-electron chi connectivity index (χ0n) is 12.4. The van der Waals surface area contributed by atoms with Gasteiger partial charge in [0.25, 0.3) is 0 Å². The fourth-order valence-electron chi connectivity index (χ4n) is 2.16. The predicted molar refractivity (Wildman–Crippen MR) is 79.7 cm³/mol. The molecule has 2 rings (SSSR count). The van der Waals surface area contributed by atoms with E-state index in [4.69, 9.17) is 5.73 Å². The van der Waals surface area contributed by atoms with Crippen LogP contribution in [0.5, 0.6) is 5.75 Å². The summed E-state index contributed by atoms with van der Waals surface area (Å²) in [7, 11) is 0. The lowest BCUT2D eigenvalue weighted by atomic mass is 9.96. The molecule has 22 heavy (non-hydrogen) atoms. The third kappa shape index (κ3) is 4.24. The second-order valence-electron chi connectivity index (χ2n) is 5.42. The van der Waals surface area contributed by atoms with Crippen LogP contribution in [-0.2, 0) is 0 Å². The van der Waals surface area contributed by atoms with Gasteiger partial charge in [0.2, 0.25) is 0 Å². The van der Waals surface area contributed by atoms with Crippen molar-refractivity contribution in [2.75, 3.05) is 0 Å². The van der Waals surface area contributed by atoms with E-state index in [2.05, 4.69) is 18.6 Å². The van der Waals surface area contributed by atoms with E-state index in [-0.39, 0.29) is 11.8 Å². The largest absolute Gasteiger partial charge is 0.573 e. The Bertz CT molecular complexity index is 603. The van der Waals surface area contributed by atoms with E-state index in [1.54, 1.807) is 12.1 Å². The molecule has 2 aromatic carbocycles. The van der Waals surface area contributed by atoms with Gasteiger partial charge in [-0.1, -0.05) is 50.2 Å². The molecule has 0 bridgehead atoms. The van der Waals surface area contributed by atoms with E-state index in [0.717, 1.165) is 11.1 Å². The molecule has 0 saturated heterocycles. The van der Waals surface area contributed by atoms with Crippen LogP contribution in [0.2, 0.25) is 0 Å². The van der Waals surface area contributed by atoms with Gasteiger partial charge in [-0.15, -0.1) is 13.2 Å². The summed E-state index contributed by atoms with van der Waals surface area (Å²) in [4.78, 5) is 0. The predicted octanol–water partition coefficient (Wildman–Crippen LogP) is 4.76. The summed E-state index contributed by atoms with van der Waals surface area (Å²) >= 11 is 0. The molecular formula is C17H18F3NO. The van der Waals surface area contributed by atoms with Gasteiger partial charge in [-0.25, -0.2) is 0 Å². The molecule has 0 fully saturated rings. The SMILES string of the molecule is CC(C)c1ccc([C@H](N)c2ccc(OC(F)(F)F)cc2)cc1. The summed E-state index contributed by atoms with van der Waals surface area (Å²) in [6, 6.07) is 13.2. The lowest BCUT2D eigenvalue weighted by Gasteiger charge is -2.15. The quantitative estimate of drug-likeness (QED) is 0.884. The van der Waals surface area contributed by atoms with E-state index in [9.17, 15) is 13.2 Å². The standard InChI is InChI=1S/C17H18F3NO/c1-11(2)12-3-5-13(6-4-12)16(21)14-7-9-15(10-8-14)22-17(18,19)20/h3-11,16H,21H2,1-2H3/t16-/m0/s1. The molecular weight excluding hydrogens is 291 g/mol. The molecule has 0 aliphatic carbocycles. The first-order valence-electron chi connectivity index (χ1n) is 6.97. The van der Waals surface area contributed by atoms with Crippen LogP contribution in [0, 0.1) is 0 Å². The average Bonchev–Trinajstić information content (AvgIpc) is 2.46. The van der Waals surface area contributed by atoms with Gasteiger partial charge in [-0.05, 0) is 34.7 Å². The number of benzene rings is 2. The Labute approximate surface area is 127 Å². The fourth-order valence-corrected chi connectivity index (χ4v) is 2.16. The van der Waals surface area contributed by atoms with Gasteiger partial charge in [0.1, 0.15) is 5.75 Å². The molecule has 0 radical (unpaired) electrons. The smallest absolute Gasteiger partial charge is 0.406 e. The second-order valence-corrected chi connectivity index (χ2v) is 5.42. The number of alkyl halides is 3. The number of ether oxygens (including phenoxy) is 1. The highest BCUT2D eigenvalue weighted by molar-refractivity contribution is 5.36. The summed E-state index contributed by atoms with van der Waals surface area (Å²) in [6.45, 7) is 4.21. The van der Waals surface area contributed by atoms with E-state index in [1.807, 2.05) is 24.3 Å². The summed E-state index contributed by atoms with van der Waals surface area (Å²) in [5.41, 5.74) is 9.01. The number of halogens is 3. The summed E-state index contributed by atoms with van der Waals surface area (Å²) in [6.07, 6.45) is -4.68. The highest BCUT2D eigenvalue weighted by Crippen LogP contribution is 2.26. The zero-order chi connectivity index (χ0) is 16.3. The summed E-state index contributed by atoms with van der Waals surface area (Å²) in [5.74, 6) is 0.183. The molecule has 0 unspecified atom stereocenters. The van der Waals surface area contributed by atoms with E-state index < -0.39 is 6.36 Å². The van der Waals surface area contributed by atoms with Crippen molar-refractivity contribution >= 4 is 0 Å². The second kappa shape index (κ2) is 6.40. The molecule has 0 spiro atoms. The van der Waals surface area contributed by atoms with Crippen LogP contribution in [0.25, 0.3) is 0 Å². The van der Waals surface area contributed by atoms with E-state index >= 15 is 0 Å². The number of hydrogen-bond acceptors (Lipinski definition) is 2. The molecule has 0 saturated carbocycles. The minimum absolute atomic E-state index is 0.251. The van der Waals surface area contributed by atoms with Gasteiger partial charge in [0.15, 0.2) is 0 Å². The van der Waals surface area contributed by atoms with Crippen LogP contribution in [0.4, 0.5) is 13.2 Å². The molecule has 0 aliphatic heterocycles. The van der Waals surface area contributed by atoms with Crippen LogP contribution in [0.3, 0.4) is 0 Å². The van der Waals surface area contributed by atoms with Crippen molar-refractivity contribution in [3.05, 3.63) is 65.2 Å². The Kier molecular flexibility index (Phi) is 4.76. The van der Waals surface area contributed by atoms with Crippen LogP contribution in [0.15, 0.2) is 48.5 Å². The first kappa shape index (κ1) is 16.4. The van der Waals surface area contributed by atoms with Crippen molar-refractivity contribution in [1.29, 1.82) is 0 Å². The third-order valence-corrected chi connectivity index (χ3v) is 3.44. The minimum atomic E-state index is -4.68. The molecule has 1 atom stereocenters. The molecule has 0 aliphatic rings. The van der Waals surface area contributed by atoms with Crippen LogP contribution in [0.1, 0.15) is 42.5 Å². The van der Waals surface area contributed by atoms with Crippen molar-refractivity contribution in [1.82, 2.24) is 0 Å². The van der Waals surface area contributed by atoms with Crippen molar-refractivity contribution in [2.45, 2.75) is 32.2 Å². The molecule has 0 heterocycles. The van der Waals surface area contributed by atoms with Gasteiger partial charge in [0, 0.05) is 0 Å². The van der Waals surface area contributed by atoms with E-state index in [0.29, 0.717) is 5.92 Å². The van der Waals surface area contributed by atoms with Crippen LogP contribution >= 0.6 is 0 Å². The topological polar surface area (TPSA) is 35.2 Å². The molecule has 0 aromatic heterocycles. The van der Waals surface area contributed by atoms with Crippen molar-refractivity contribution in [2.24, 2.45) is 5.73 Å². The molecule has 118 valence electrons. The van der Waals surface area contributed by atoms with Gasteiger partial charge in [-0.2, -0.15) is 0 Å². The Morgan fingerprint density at radius 2 is 1.23 bits per heavy atom. The average molecular weight is 309 g/mol. The Morgan fingerprint density at radius 3 is 1.64 bits per heavy atom. The molecule has 0 amide bonds. The Hall–Kier alpha value is -2.01. The van der Waals surface area contributed by atoms with Gasteiger partial charge < -0.3 is 10.5 Å². The van der Waals surface area contributed by atoms with Crippen molar-refractivity contribution in [3.63, 3.8) is 0 Å². The first-order valence-corrected chi connectivity index (χ1v) is 6.97. The van der Waals surface area contributed by atoms with Crippen LogP contribution < -0.4 is 10.5 Å². The maximum absolute atomic E-state index is 12.1. The maximum atomic E-state index is 12.1. The monoisotopic (exact) mass is 309 g/mol. The molecule has 2 N–H and O–H groups in total. The summed E-state index contributed by atoms with van der Waals surface area (Å²) in [5, 5.41) is 0. The minimum Gasteiger partial charge on any atom is -0.406 e. The highest BCUT2D eigenvalue weighted by atomic mass is 19.4. The fraction of sp³-hybridized carbons (Fsp3) is 0.294. The Balaban J connectivity index is 2.13. The molecule has 2 aromatic rings. The number of nitrogens with two attached hydrogens (primary N) is 1. The zero-order valence-corrected chi connectivity index (χ0v) is 12.4. The third-order valence-electron chi connectivity index (χ3n) is 3.44. The van der Waals surface area contributed by atoms with E-state index in [1.165, 1.54) is 17.7 Å². The lowest BCUT2D eigenvalue weighted by Crippen LogP contribution is -2.17. The highest BCUT2D eigenvalue weighted by Gasteiger charge is 2.31. The van der Waals surface area contributed by atoms with Crippen molar-refractivity contribution in [3.8, 4) is 5.75 Å². The Morgan fingerprint density at radius 1 is 0.818 bits per heavy atom. The summed E-state index contributed by atoms with van der Waals surface area (Å²) < 4.78 is 40.2. The number of hydrogen-bond donors (Lipinski definition) is 1. The normalized spacial score (nSPS) is 13.2. The first-order chi connectivity index (χ1) is 10.3. The molecule has 5 heteroatoms. The van der Waals surface area contributed by atoms with Gasteiger partial charge >= 0.3 is 6.36 Å². The maximum Gasteiger partial charge on any atom is 0.573 e. The van der Waals surface area contributed by atoms with Gasteiger partial charge in [-0.3, -0.25) is 0 Å². The van der Waals surface area contributed by atoms with Crippen molar-refractivity contribution < 1.29 is 17.9 Å².